The van der Waals surface area contributed by atoms with E-state index in [2.05, 4.69) is 32.1 Å². The highest BCUT2D eigenvalue weighted by Crippen LogP contribution is 2.38. The van der Waals surface area contributed by atoms with E-state index in [1.165, 1.54) is 11.3 Å². The number of anilines is 2. The fourth-order valence-electron chi connectivity index (χ4n) is 2.65. The fourth-order valence-corrected chi connectivity index (χ4v) is 3.53. The number of hydrogen-bond donors (Lipinski definition) is 1. The number of nitriles is 1. The maximum absolute atomic E-state index is 8.85. The molecule has 0 aliphatic heterocycles. The van der Waals surface area contributed by atoms with Gasteiger partial charge in [-0.05, 0) is 25.0 Å². The lowest BCUT2D eigenvalue weighted by molar-refractivity contribution is 0.899. The van der Waals surface area contributed by atoms with Gasteiger partial charge in [-0.1, -0.05) is 5.92 Å². The average Bonchev–Trinajstić information content (AvgIpc) is 3.10. The van der Waals surface area contributed by atoms with Crippen LogP contribution in [-0.2, 0) is 6.42 Å². The van der Waals surface area contributed by atoms with Crippen molar-refractivity contribution in [1.82, 2.24) is 20.2 Å². The summed E-state index contributed by atoms with van der Waals surface area (Å²) >= 11 is 1.53. The van der Waals surface area contributed by atoms with Crippen LogP contribution in [0.5, 0.6) is 0 Å². The van der Waals surface area contributed by atoms with Crippen LogP contribution >= 0.6 is 11.3 Å². The minimum absolute atomic E-state index is 0.368. The third-order valence-corrected chi connectivity index (χ3v) is 5.03. The molecule has 0 atom stereocenters. The van der Waals surface area contributed by atoms with Crippen LogP contribution in [0.15, 0.2) is 30.6 Å². The van der Waals surface area contributed by atoms with E-state index in [1.807, 2.05) is 18.2 Å². The molecular weight excluding hydrogens is 332 g/mol. The van der Waals surface area contributed by atoms with Crippen molar-refractivity contribution in [2.45, 2.75) is 25.3 Å². The normalized spacial score (nSPS) is 13.2. The smallest absolute Gasteiger partial charge is 0.171 e. The third-order valence-electron chi connectivity index (χ3n) is 3.95. The second-order valence-electron chi connectivity index (χ2n) is 5.72. The molecule has 0 amide bonds. The monoisotopic (exact) mass is 346 g/mol. The zero-order valence-corrected chi connectivity index (χ0v) is 14.1. The summed E-state index contributed by atoms with van der Waals surface area (Å²) in [5.41, 5.74) is 0.652. The van der Waals surface area contributed by atoms with Gasteiger partial charge in [0.2, 0.25) is 0 Å². The van der Waals surface area contributed by atoms with E-state index in [0.717, 1.165) is 34.2 Å². The Bertz CT molecular complexity index is 972. The second kappa shape index (κ2) is 6.39. The zero-order chi connectivity index (χ0) is 17.2. The molecule has 122 valence electrons. The zero-order valence-electron chi connectivity index (χ0n) is 13.3. The van der Waals surface area contributed by atoms with Gasteiger partial charge in [-0.2, -0.15) is 10.4 Å². The lowest BCUT2D eigenvalue weighted by Gasteiger charge is -2.22. The summed E-state index contributed by atoms with van der Waals surface area (Å²) in [5.74, 6) is 4.90. The van der Waals surface area contributed by atoms with Crippen molar-refractivity contribution < 1.29 is 0 Å². The molecular formula is C18H14N6S. The predicted octanol–water partition coefficient (Wildman–Crippen LogP) is 3.28. The molecule has 25 heavy (non-hydrogen) atoms. The molecule has 1 N–H and O–H groups in total. The molecule has 3 aromatic heterocycles. The Hall–Kier alpha value is -3.16. The van der Waals surface area contributed by atoms with E-state index in [0.29, 0.717) is 23.9 Å². The Morgan fingerprint density at radius 2 is 2.24 bits per heavy atom. The first-order chi connectivity index (χ1) is 12.3. The van der Waals surface area contributed by atoms with E-state index in [1.54, 1.807) is 12.4 Å². The topological polar surface area (TPSA) is 81.5 Å². The first kappa shape index (κ1) is 15.4. The van der Waals surface area contributed by atoms with Crippen LogP contribution in [0.2, 0.25) is 0 Å². The number of rotatable bonds is 5. The highest BCUT2D eigenvalue weighted by molar-refractivity contribution is 7.15. The number of aromatic amines is 1. The molecule has 4 rings (SSSR count). The minimum atomic E-state index is 0.368. The largest absolute Gasteiger partial charge is 0.307 e. The molecule has 0 bridgehead atoms. The molecule has 7 heteroatoms. The Morgan fingerprint density at radius 1 is 1.36 bits per heavy atom. The molecule has 3 aromatic rings. The lowest BCUT2D eigenvalue weighted by Crippen LogP contribution is -2.22. The van der Waals surface area contributed by atoms with Gasteiger partial charge in [0.05, 0.1) is 29.1 Å². The van der Waals surface area contributed by atoms with Crippen molar-refractivity contribution in [1.29, 1.82) is 5.26 Å². The van der Waals surface area contributed by atoms with Crippen LogP contribution < -0.4 is 4.90 Å². The van der Waals surface area contributed by atoms with Crippen molar-refractivity contribution in [3.8, 4) is 29.1 Å². The van der Waals surface area contributed by atoms with E-state index < -0.39 is 0 Å². The summed E-state index contributed by atoms with van der Waals surface area (Å²) in [6, 6.07) is 8.33. The van der Waals surface area contributed by atoms with Gasteiger partial charge < -0.3 is 4.90 Å². The second-order valence-corrected chi connectivity index (χ2v) is 6.89. The number of hydrogen-bond acceptors (Lipinski definition) is 6. The molecule has 0 spiro atoms. The number of nitrogens with one attached hydrogen (secondary N) is 1. The van der Waals surface area contributed by atoms with E-state index >= 15 is 0 Å². The van der Waals surface area contributed by atoms with Gasteiger partial charge >= 0.3 is 0 Å². The van der Waals surface area contributed by atoms with Gasteiger partial charge in [0.25, 0.3) is 0 Å². The van der Waals surface area contributed by atoms with Gasteiger partial charge in [0.15, 0.2) is 11.6 Å². The van der Waals surface area contributed by atoms with Crippen LogP contribution in [0.25, 0.3) is 10.7 Å². The number of thiophene rings is 1. The highest BCUT2D eigenvalue weighted by Gasteiger charge is 2.33. The quantitative estimate of drug-likeness (QED) is 0.717. The predicted molar refractivity (Wildman–Crippen MR) is 96.3 cm³/mol. The molecule has 1 fully saturated rings. The standard InChI is InChI=1S/C18H14N6S/c1-2-12-11-20-17(15-6-5-14(25-15)7-9-19)22-18(12)24(13-3-4-13)16-8-10-21-23-16/h1,5-6,8,10-11,13H,3-4,7H2,(H,21,23). The van der Waals surface area contributed by atoms with Gasteiger partial charge in [0.1, 0.15) is 5.82 Å². The summed E-state index contributed by atoms with van der Waals surface area (Å²) in [4.78, 5) is 13.2. The van der Waals surface area contributed by atoms with Crippen LogP contribution in [0.3, 0.4) is 0 Å². The SMILES string of the molecule is C#Cc1cnc(-c2ccc(CC#N)s2)nc1N(c1ccn[nH]1)C1CC1. The highest BCUT2D eigenvalue weighted by atomic mass is 32.1. The van der Waals surface area contributed by atoms with Gasteiger partial charge in [-0.25, -0.2) is 9.97 Å². The number of nitrogens with zero attached hydrogens (tertiary/aromatic N) is 5. The summed E-state index contributed by atoms with van der Waals surface area (Å²) in [5, 5.41) is 15.9. The Kier molecular flexibility index (Phi) is 3.93. The molecule has 6 nitrogen and oxygen atoms in total. The summed E-state index contributed by atoms with van der Waals surface area (Å²) in [6.45, 7) is 0. The lowest BCUT2D eigenvalue weighted by atomic mass is 10.2. The molecule has 0 aromatic carbocycles. The molecule has 1 saturated carbocycles. The Balaban J connectivity index is 1.78. The molecule has 1 aliphatic rings. The van der Waals surface area contributed by atoms with Crippen LogP contribution in [0, 0.1) is 23.7 Å². The number of terminal acetylenes is 1. The average molecular weight is 346 g/mol. The van der Waals surface area contributed by atoms with Gasteiger partial charge in [0, 0.05) is 23.2 Å². The fraction of sp³-hybridized carbons (Fsp3) is 0.222. The third kappa shape index (κ3) is 2.98. The maximum Gasteiger partial charge on any atom is 0.171 e. The maximum atomic E-state index is 8.85. The molecule has 0 radical (unpaired) electrons. The van der Waals surface area contributed by atoms with Crippen molar-refractivity contribution in [3.05, 3.63) is 41.0 Å². The molecule has 0 unspecified atom stereocenters. The first-order valence-electron chi connectivity index (χ1n) is 7.88. The van der Waals surface area contributed by atoms with Crippen molar-refractivity contribution in [2.75, 3.05) is 4.90 Å². The van der Waals surface area contributed by atoms with Crippen LogP contribution in [0.1, 0.15) is 23.3 Å². The van der Waals surface area contributed by atoms with Crippen molar-refractivity contribution >= 4 is 23.0 Å². The molecule has 1 aliphatic carbocycles. The van der Waals surface area contributed by atoms with Crippen LogP contribution in [-0.4, -0.2) is 26.2 Å². The minimum Gasteiger partial charge on any atom is -0.307 e. The number of aromatic nitrogens is 4. The Morgan fingerprint density at radius 3 is 2.92 bits per heavy atom. The van der Waals surface area contributed by atoms with E-state index in [-0.39, 0.29) is 0 Å². The van der Waals surface area contributed by atoms with E-state index in [4.69, 9.17) is 16.7 Å². The molecule has 0 saturated heterocycles. The van der Waals surface area contributed by atoms with E-state index in [9.17, 15) is 0 Å². The summed E-state index contributed by atoms with van der Waals surface area (Å²) in [7, 11) is 0. The van der Waals surface area contributed by atoms with Crippen molar-refractivity contribution in [2.24, 2.45) is 0 Å². The Labute approximate surface area is 149 Å². The van der Waals surface area contributed by atoms with Gasteiger partial charge in [-0.15, -0.1) is 17.8 Å². The molecule has 3 heterocycles. The van der Waals surface area contributed by atoms with Crippen LogP contribution in [0.4, 0.5) is 11.6 Å². The first-order valence-corrected chi connectivity index (χ1v) is 8.70. The number of H-pyrrole nitrogens is 1. The van der Waals surface area contributed by atoms with Crippen molar-refractivity contribution in [3.63, 3.8) is 0 Å². The summed E-state index contributed by atoms with van der Waals surface area (Å²) in [6.07, 6.45) is 11.7. The van der Waals surface area contributed by atoms with Gasteiger partial charge in [-0.3, -0.25) is 5.10 Å². The summed E-state index contributed by atoms with van der Waals surface area (Å²) < 4.78 is 0.